The van der Waals surface area contributed by atoms with Crippen LogP contribution in [0.3, 0.4) is 0 Å². The summed E-state index contributed by atoms with van der Waals surface area (Å²) < 4.78 is 16.5. The van der Waals surface area contributed by atoms with E-state index in [0.717, 1.165) is 44.9 Å². The van der Waals surface area contributed by atoms with Gasteiger partial charge in [0.1, 0.15) is 0 Å². The number of hydrogen-bond donors (Lipinski definition) is 0. The molecule has 0 aliphatic carbocycles. The molecule has 0 aromatic carbocycles. The van der Waals surface area contributed by atoms with Gasteiger partial charge in [0.25, 0.3) is 0 Å². The van der Waals surface area contributed by atoms with Crippen LogP contribution in [0.2, 0.25) is 0 Å². The number of allylic oxidation sites excluding steroid dienone is 2. The number of nitrogens with zero attached hydrogens (tertiary/aromatic N) is 1. The monoisotopic (exact) mass is 575 g/mol. The van der Waals surface area contributed by atoms with Crippen molar-refractivity contribution in [3.63, 3.8) is 0 Å². The summed E-state index contributed by atoms with van der Waals surface area (Å²) in [6, 6.07) is -0.639. The molecule has 0 N–H and O–H groups in total. The molecule has 0 aromatic rings. The lowest BCUT2D eigenvalue weighted by Gasteiger charge is -2.32. The molecule has 0 saturated carbocycles. The van der Waals surface area contributed by atoms with Gasteiger partial charge >= 0.3 is 11.9 Å². The average Bonchev–Trinajstić information content (AvgIpc) is 3.40. The average molecular weight is 576 g/mol. The van der Waals surface area contributed by atoms with Crippen LogP contribution < -0.4 is 0 Å². The summed E-state index contributed by atoms with van der Waals surface area (Å²) in [4.78, 5) is 66.7. The molecule has 3 aliphatic rings. The molecule has 9 heteroatoms. The summed E-state index contributed by atoms with van der Waals surface area (Å²) in [5.41, 5.74) is -0.388. The summed E-state index contributed by atoms with van der Waals surface area (Å²) in [5, 5.41) is 0. The molecule has 230 valence electrons. The first-order valence-electron chi connectivity index (χ1n) is 15.4. The standard InChI is InChI=1S/C32H49NO8/c1-21-14-12-10-8-6-7-9-11-13-15-23(30(40-22(2)34)25(35)16-17-28(37)39-5)18-26(36)29-24-19-32(3,4)41-27(24)20-33(29)31(21)38/h6-7,21,23-24,27,29-30H,8-20H2,1-5H3/b7-6+/t21-,23+,24-,27?,29?,30?/m0/s1. The van der Waals surface area contributed by atoms with Crippen LogP contribution in [0.25, 0.3) is 0 Å². The number of methoxy groups -OCH3 is 1. The van der Waals surface area contributed by atoms with E-state index in [2.05, 4.69) is 16.9 Å². The molecule has 2 fully saturated rings. The highest BCUT2D eigenvalue weighted by Gasteiger charge is 2.55. The van der Waals surface area contributed by atoms with Crippen LogP contribution in [0.15, 0.2) is 12.2 Å². The Bertz CT molecular complexity index is 988. The van der Waals surface area contributed by atoms with Crippen LogP contribution in [0.5, 0.6) is 0 Å². The van der Waals surface area contributed by atoms with Gasteiger partial charge in [0.2, 0.25) is 5.91 Å². The first kappa shape index (κ1) is 33.0. The van der Waals surface area contributed by atoms with Crippen molar-refractivity contribution in [3.8, 4) is 0 Å². The Kier molecular flexibility index (Phi) is 12.1. The maximum atomic E-state index is 14.2. The molecule has 3 rings (SSSR count). The van der Waals surface area contributed by atoms with E-state index >= 15 is 0 Å². The van der Waals surface area contributed by atoms with E-state index in [1.165, 1.54) is 14.0 Å². The van der Waals surface area contributed by atoms with E-state index in [4.69, 9.17) is 9.47 Å². The van der Waals surface area contributed by atoms with Gasteiger partial charge in [-0.15, -0.1) is 0 Å². The maximum absolute atomic E-state index is 14.2. The molecule has 2 saturated heterocycles. The van der Waals surface area contributed by atoms with Crippen LogP contribution >= 0.6 is 0 Å². The SMILES string of the molecule is COC(=O)CCC(=O)C(OC(C)=O)[C@@H]1CCCC/C=C/CCCC[C@H](C)C(=O)N2CC3OC(C)(C)C[C@@H]3C2C(=O)C1. The number of Topliss-reactive ketones (excluding diaryl/α,β-unsaturated/α-hetero) is 2. The van der Waals surface area contributed by atoms with Crippen LogP contribution in [-0.4, -0.2) is 71.8 Å². The van der Waals surface area contributed by atoms with Gasteiger partial charge in [-0.1, -0.05) is 31.9 Å². The number of ketones is 2. The smallest absolute Gasteiger partial charge is 0.305 e. The fourth-order valence-electron chi connectivity index (χ4n) is 6.75. The lowest BCUT2D eigenvalue weighted by molar-refractivity contribution is -0.158. The summed E-state index contributed by atoms with van der Waals surface area (Å²) in [7, 11) is 1.25. The predicted molar refractivity (Wildman–Crippen MR) is 153 cm³/mol. The topological polar surface area (TPSA) is 116 Å². The highest BCUT2D eigenvalue weighted by molar-refractivity contribution is 5.93. The van der Waals surface area contributed by atoms with Crippen LogP contribution in [0, 0.1) is 17.8 Å². The quantitative estimate of drug-likeness (QED) is 0.330. The minimum absolute atomic E-state index is 0.00419. The molecular formula is C32H49NO8. The molecular weight excluding hydrogens is 526 g/mol. The van der Waals surface area contributed by atoms with Crippen molar-refractivity contribution in [2.45, 2.75) is 129 Å². The summed E-state index contributed by atoms with van der Waals surface area (Å²) >= 11 is 0. The third-order valence-electron chi connectivity index (χ3n) is 8.75. The summed E-state index contributed by atoms with van der Waals surface area (Å²) in [6.45, 7) is 7.58. The molecule has 6 atom stereocenters. The van der Waals surface area contributed by atoms with Crippen molar-refractivity contribution in [2.75, 3.05) is 13.7 Å². The van der Waals surface area contributed by atoms with Crippen molar-refractivity contribution in [3.05, 3.63) is 12.2 Å². The molecule has 0 spiro atoms. The molecule has 0 bridgehead atoms. The maximum Gasteiger partial charge on any atom is 0.305 e. The van der Waals surface area contributed by atoms with Crippen molar-refractivity contribution >= 4 is 29.4 Å². The van der Waals surface area contributed by atoms with E-state index < -0.39 is 35.8 Å². The van der Waals surface area contributed by atoms with E-state index in [1.807, 2.05) is 20.8 Å². The molecule has 0 aromatic heterocycles. The van der Waals surface area contributed by atoms with Crippen molar-refractivity contribution in [1.82, 2.24) is 4.90 Å². The number of esters is 2. The molecule has 1 amide bonds. The third-order valence-corrected chi connectivity index (χ3v) is 8.75. The fourth-order valence-corrected chi connectivity index (χ4v) is 6.75. The van der Waals surface area contributed by atoms with Crippen molar-refractivity contribution in [1.29, 1.82) is 0 Å². The normalized spacial score (nSPS) is 31.0. The van der Waals surface area contributed by atoms with E-state index in [-0.39, 0.29) is 54.5 Å². The zero-order valence-corrected chi connectivity index (χ0v) is 25.5. The molecule has 3 aliphatic heterocycles. The second kappa shape index (κ2) is 15.1. The predicted octanol–water partition coefficient (Wildman–Crippen LogP) is 4.74. The van der Waals surface area contributed by atoms with Gasteiger partial charge in [-0.3, -0.25) is 24.0 Å². The molecule has 3 heterocycles. The fraction of sp³-hybridized carbons (Fsp3) is 0.781. The molecule has 0 radical (unpaired) electrons. The Hall–Kier alpha value is -2.55. The molecule has 3 unspecified atom stereocenters. The summed E-state index contributed by atoms with van der Waals surface area (Å²) in [5.74, 6) is -2.57. The summed E-state index contributed by atoms with van der Waals surface area (Å²) in [6.07, 6.45) is 10.1. The zero-order chi connectivity index (χ0) is 30.2. The highest BCUT2D eigenvalue weighted by Crippen LogP contribution is 2.44. The second-order valence-electron chi connectivity index (χ2n) is 12.7. The second-order valence-corrected chi connectivity index (χ2v) is 12.7. The van der Waals surface area contributed by atoms with Crippen molar-refractivity contribution < 1.29 is 38.2 Å². The Morgan fingerprint density at radius 3 is 2.34 bits per heavy atom. The number of carbonyl (C=O) groups is 5. The molecule has 9 nitrogen and oxygen atoms in total. The highest BCUT2D eigenvalue weighted by atomic mass is 16.5. The van der Waals surface area contributed by atoms with Crippen LogP contribution in [-0.2, 0) is 38.2 Å². The largest absolute Gasteiger partial charge is 0.469 e. The van der Waals surface area contributed by atoms with Gasteiger partial charge < -0.3 is 19.1 Å². The van der Waals surface area contributed by atoms with Gasteiger partial charge in [-0.2, -0.15) is 0 Å². The van der Waals surface area contributed by atoms with E-state index in [1.54, 1.807) is 4.90 Å². The molecule has 41 heavy (non-hydrogen) atoms. The van der Waals surface area contributed by atoms with Crippen LogP contribution in [0.1, 0.15) is 105 Å². The number of hydrogen-bond acceptors (Lipinski definition) is 8. The first-order chi connectivity index (χ1) is 19.4. The van der Waals surface area contributed by atoms with E-state index in [9.17, 15) is 24.0 Å². The van der Waals surface area contributed by atoms with E-state index in [0.29, 0.717) is 19.4 Å². The lowest BCUT2D eigenvalue weighted by atomic mass is 9.82. The zero-order valence-electron chi connectivity index (χ0n) is 25.5. The Balaban J connectivity index is 1.92. The minimum Gasteiger partial charge on any atom is -0.469 e. The minimum atomic E-state index is -1.14. The Morgan fingerprint density at radius 2 is 1.71 bits per heavy atom. The number of amides is 1. The van der Waals surface area contributed by atoms with Gasteiger partial charge in [0, 0.05) is 44.1 Å². The third kappa shape index (κ3) is 9.22. The number of carbonyl (C=O) groups excluding carboxylic acids is 5. The van der Waals surface area contributed by atoms with Gasteiger partial charge in [0.05, 0.1) is 31.3 Å². The van der Waals surface area contributed by atoms with Gasteiger partial charge in [-0.25, -0.2) is 0 Å². The van der Waals surface area contributed by atoms with Gasteiger partial charge in [-0.05, 0) is 58.8 Å². The van der Waals surface area contributed by atoms with Gasteiger partial charge in [0.15, 0.2) is 17.7 Å². The number of fused-ring (bicyclic) bond motifs is 3. The number of ether oxygens (including phenoxy) is 3. The first-order valence-corrected chi connectivity index (χ1v) is 15.4. The number of rotatable bonds is 6. The Labute approximate surface area is 244 Å². The van der Waals surface area contributed by atoms with Crippen molar-refractivity contribution in [2.24, 2.45) is 17.8 Å². The van der Waals surface area contributed by atoms with Crippen LogP contribution in [0.4, 0.5) is 0 Å². The lowest BCUT2D eigenvalue weighted by Crippen LogP contribution is -2.47. The Morgan fingerprint density at radius 1 is 1.05 bits per heavy atom.